The number of esters is 1. The summed E-state index contributed by atoms with van der Waals surface area (Å²) in [6.07, 6.45) is 1.68. The molecule has 23 heavy (non-hydrogen) atoms. The van der Waals surface area contributed by atoms with E-state index in [1.807, 2.05) is 0 Å². The average Bonchev–Trinajstić information content (AvgIpc) is 2.60. The first-order valence-electron chi connectivity index (χ1n) is 6.90. The van der Waals surface area contributed by atoms with Gasteiger partial charge in [-0.1, -0.05) is 18.2 Å². The van der Waals surface area contributed by atoms with Crippen molar-refractivity contribution in [1.29, 1.82) is 0 Å². The van der Waals surface area contributed by atoms with Crippen LogP contribution in [0.1, 0.15) is 11.1 Å². The summed E-state index contributed by atoms with van der Waals surface area (Å²) in [5.41, 5.74) is 1.79. The fourth-order valence-electron chi connectivity index (χ4n) is 2.09. The van der Waals surface area contributed by atoms with Gasteiger partial charge < -0.3 is 19.3 Å². The van der Waals surface area contributed by atoms with E-state index in [-0.39, 0.29) is 5.75 Å². The van der Waals surface area contributed by atoms with Gasteiger partial charge in [0.15, 0.2) is 11.5 Å². The molecule has 0 aromatic heterocycles. The van der Waals surface area contributed by atoms with Gasteiger partial charge in [-0.25, -0.2) is 4.79 Å². The van der Waals surface area contributed by atoms with Crippen LogP contribution >= 0.6 is 0 Å². The summed E-state index contributed by atoms with van der Waals surface area (Å²) >= 11 is 0. The topological polar surface area (TPSA) is 65.0 Å². The second kappa shape index (κ2) is 7.35. The molecule has 2 aromatic rings. The van der Waals surface area contributed by atoms with Gasteiger partial charge in [0, 0.05) is 0 Å². The number of phenols is 1. The highest BCUT2D eigenvalue weighted by Crippen LogP contribution is 2.29. The van der Waals surface area contributed by atoms with Crippen molar-refractivity contribution in [3.8, 4) is 17.2 Å². The Labute approximate surface area is 134 Å². The lowest BCUT2D eigenvalue weighted by atomic mass is 10.0. The van der Waals surface area contributed by atoms with Crippen molar-refractivity contribution in [2.24, 2.45) is 0 Å². The molecule has 2 rings (SSSR count). The predicted molar refractivity (Wildman–Crippen MR) is 87.5 cm³/mol. The lowest BCUT2D eigenvalue weighted by molar-refractivity contribution is -0.133. The van der Waals surface area contributed by atoms with Crippen LogP contribution in [0.25, 0.3) is 11.6 Å². The summed E-state index contributed by atoms with van der Waals surface area (Å²) in [5, 5.41) is 9.65. The molecular formula is C18H18O5. The molecule has 0 aliphatic carbocycles. The zero-order chi connectivity index (χ0) is 16.8. The minimum Gasteiger partial charge on any atom is -0.504 e. The number of ether oxygens (including phenoxy) is 3. The fourth-order valence-corrected chi connectivity index (χ4v) is 2.09. The Balaban J connectivity index is 2.47. The Hall–Kier alpha value is -2.95. The first-order chi connectivity index (χ1) is 11.1. The number of carbonyl (C=O) groups is 1. The fraction of sp³-hybridized carbons (Fsp3) is 0.167. The van der Waals surface area contributed by atoms with Crippen LogP contribution in [-0.2, 0) is 9.53 Å². The molecule has 5 heteroatoms. The minimum absolute atomic E-state index is 0.0358. The maximum Gasteiger partial charge on any atom is 0.338 e. The number of hydrogen-bond donors (Lipinski definition) is 1. The largest absolute Gasteiger partial charge is 0.504 e. The van der Waals surface area contributed by atoms with Gasteiger partial charge in [0.25, 0.3) is 0 Å². The molecule has 0 spiro atoms. The van der Waals surface area contributed by atoms with E-state index in [0.717, 1.165) is 0 Å². The normalized spacial score (nSPS) is 11.0. The Morgan fingerprint density at radius 3 is 2.26 bits per heavy atom. The highest BCUT2D eigenvalue weighted by Gasteiger charge is 2.13. The molecule has 0 aliphatic rings. The van der Waals surface area contributed by atoms with Crippen LogP contribution in [0.15, 0.2) is 42.5 Å². The monoisotopic (exact) mass is 314 g/mol. The zero-order valence-electron chi connectivity index (χ0n) is 13.2. The first-order valence-corrected chi connectivity index (χ1v) is 6.90. The molecule has 0 heterocycles. The van der Waals surface area contributed by atoms with Gasteiger partial charge in [-0.05, 0) is 41.5 Å². The molecule has 1 N–H and O–H groups in total. The van der Waals surface area contributed by atoms with E-state index in [4.69, 9.17) is 14.2 Å². The second-order valence-corrected chi connectivity index (χ2v) is 4.71. The SMILES string of the molecule is COC(=O)C(=Cc1ccc(O)c(OC)c1)c1ccc(OC)cc1. The lowest BCUT2D eigenvalue weighted by Crippen LogP contribution is -2.04. The van der Waals surface area contributed by atoms with Crippen molar-refractivity contribution in [3.05, 3.63) is 53.6 Å². The summed E-state index contributed by atoms with van der Waals surface area (Å²) in [4.78, 5) is 12.1. The Bertz CT molecular complexity index is 717. The molecule has 0 radical (unpaired) electrons. The van der Waals surface area contributed by atoms with Crippen LogP contribution in [0.3, 0.4) is 0 Å². The quantitative estimate of drug-likeness (QED) is 0.522. The average molecular weight is 314 g/mol. The van der Waals surface area contributed by atoms with Gasteiger partial charge in [-0.15, -0.1) is 0 Å². The Morgan fingerprint density at radius 1 is 1.00 bits per heavy atom. The molecule has 5 nitrogen and oxygen atoms in total. The predicted octanol–water partition coefficient (Wildman–Crippen LogP) is 3.12. The van der Waals surface area contributed by atoms with E-state index in [1.54, 1.807) is 49.6 Å². The summed E-state index contributed by atoms with van der Waals surface area (Å²) in [7, 11) is 4.37. The lowest BCUT2D eigenvalue weighted by Gasteiger charge is -2.08. The number of hydrogen-bond acceptors (Lipinski definition) is 5. The molecule has 0 unspecified atom stereocenters. The third-order valence-corrected chi connectivity index (χ3v) is 3.32. The molecule has 0 bridgehead atoms. The van der Waals surface area contributed by atoms with Crippen molar-refractivity contribution in [3.63, 3.8) is 0 Å². The van der Waals surface area contributed by atoms with Crippen molar-refractivity contribution in [1.82, 2.24) is 0 Å². The summed E-state index contributed by atoms with van der Waals surface area (Å²) in [6, 6.07) is 11.9. The van der Waals surface area contributed by atoms with Gasteiger partial charge in [-0.2, -0.15) is 0 Å². The minimum atomic E-state index is -0.456. The van der Waals surface area contributed by atoms with Crippen molar-refractivity contribution < 1.29 is 24.1 Å². The van der Waals surface area contributed by atoms with Crippen molar-refractivity contribution in [2.75, 3.05) is 21.3 Å². The van der Waals surface area contributed by atoms with E-state index < -0.39 is 5.97 Å². The van der Waals surface area contributed by atoms with Gasteiger partial charge >= 0.3 is 5.97 Å². The number of rotatable bonds is 5. The van der Waals surface area contributed by atoms with E-state index in [1.165, 1.54) is 20.3 Å². The van der Waals surface area contributed by atoms with Crippen LogP contribution < -0.4 is 9.47 Å². The molecule has 0 fully saturated rings. The molecule has 120 valence electrons. The Kier molecular flexibility index (Phi) is 5.25. The molecule has 0 atom stereocenters. The number of carbonyl (C=O) groups excluding carboxylic acids is 1. The van der Waals surface area contributed by atoms with Gasteiger partial charge in [0.05, 0.1) is 26.9 Å². The van der Waals surface area contributed by atoms with Crippen LogP contribution in [-0.4, -0.2) is 32.4 Å². The van der Waals surface area contributed by atoms with Crippen LogP contribution in [0, 0.1) is 0 Å². The summed E-state index contributed by atoms with van der Waals surface area (Å²) < 4.78 is 15.1. The van der Waals surface area contributed by atoms with Crippen molar-refractivity contribution >= 4 is 17.6 Å². The third-order valence-electron chi connectivity index (χ3n) is 3.32. The standard InChI is InChI=1S/C18H18O5/c1-21-14-7-5-13(6-8-14)15(18(20)23-3)10-12-4-9-16(19)17(11-12)22-2/h4-11,19H,1-3H3. The zero-order valence-corrected chi connectivity index (χ0v) is 13.2. The number of phenolic OH excluding ortho intramolecular Hbond substituents is 1. The van der Waals surface area contributed by atoms with E-state index in [2.05, 4.69) is 0 Å². The smallest absolute Gasteiger partial charge is 0.338 e. The van der Waals surface area contributed by atoms with E-state index in [0.29, 0.717) is 28.2 Å². The maximum atomic E-state index is 12.1. The van der Waals surface area contributed by atoms with Gasteiger partial charge in [-0.3, -0.25) is 0 Å². The van der Waals surface area contributed by atoms with Crippen LogP contribution in [0.2, 0.25) is 0 Å². The molecular weight excluding hydrogens is 296 g/mol. The van der Waals surface area contributed by atoms with Crippen LogP contribution in [0.4, 0.5) is 0 Å². The molecule has 0 aliphatic heterocycles. The highest BCUT2D eigenvalue weighted by atomic mass is 16.5. The maximum absolute atomic E-state index is 12.1. The number of benzene rings is 2. The molecule has 0 saturated carbocycles. The van der Waals surface area contributed by atoms with E-state index >= 15 is 0 Å². The van der Waals surface area contributed by atoms with E-state index in [9.17, 15) is 9.90 Å². The highest BCUT2D eigenvalue weighted by molar-refractivity contribution is 6.21. The first kappa shape index (κ1) is 16.4. The number of methoxy groups -OCH3 is 3. The third kappa shape index (κ3) is 3.83. The van der Waals surface area contributed by atoms with Gasteiger partial charge in [0.1, 0.15) is 5.75 Å². The summed E-state index contributed by atoms with van der Waals surface area (Å²) in [6.45, 7) is 0. The summed E-state index contributed by atoms with van der Waals surface area (Å²) in [5.74, 6) is 0.609. The Morgan fingerprint density at radius 2 is 1.70 bits per heavy atom. The number of aromatic hydroxyl groups is 1. The molecule has 2 aromatic carbocycles. The molecule has 0 saturated heterocycles. The second-order valence-electron chi connectivity index (χ2n) is 4.71. The van der Waals surface area contributed by atoms with Crippen LogP contribution in [0.5, 0.6) is 17.2 Å². The molecule has 0 amide bonds. The van der Waals surface area contributed by atoms with Crippen molar-refractivity contribution in [2.45, 2.75) is 0 Å². The van der Waals surface area contributed by atoms with Gasteiger partial charge in [0.2, 0.25) is 0 Å².